The van der Waals surface area contributed by atoms with Gasteiger partial charge in [-0.25, -0.2) is 9.59 Å². The van der Waals surface area contributed by atoms with Crippen molar-refractivity contribution in [2.75, 3.05) is 27.9 Å². The molecule has 192 valence electrons. The molecule has 0 aliphatic carbocycles. The minimum atomic E-state index is -1.00. The molecule has 1 atom stereocenters. The average Bonchev–Trinajstić information content (AvgIpc) is 3.23. The molecule has 2 aromatic carbocycles. The van der Waals surface area contributed by atoms with Crippen LogP contribution < -0.4 is 30.0 Å². The molecule has 1 aromatic heterocycles. The number of benzene rings is 2. The molecule has 0 amide bonds. The van der Waals surface area contributed by atoms with Crippen molar-refractivity contribution in [1.82, 2.24) is 4.57 Å². The number of carbonyl (C=O) groups is 2. The molecule has 0 radical (unpaired) electrons. The Morgan fingerprint density at radius 3 is 2.27 bits per heavy atom. The van der Waals surface area contributed by atoms with Gasteiger partial charge >= 0.3 is 11.9 Å². The summed E-state index contributed by atoms with van der Waals surface area (Å²) < 4.78 is 23.1. The van der Waals surface area contributed by atoms with Gasteiger partial charge < -0.3 is 24.7 Å². The Morgan fingerprint density at radius 2 is 1.62 bits per heavy atom. The van der Waals surface area contributed by atoms with Crippen LogP contribution in [-0.4, -0.2) is 44.4 Å². The molecule has 1 aliphatic rings. The van der Waals surface area contributed by atoms with Gasteiger partial charge in [-0.2, -0.15) is 0 Å². The van der Waals surface area contributed by atoms with Gasteiger partial charge in [-0.05, 0) is 25.1 Å². The zero-order valence-corrected chi connectivity index (χ0v) is 21.6. The molecule has 37 heavy (non-hydrogen) atoms. The van der Waals surface area contributed by atoms with Crippen molar-refractivity contribution < 1.29 is 28.5 Å². The molecule has 0 saturated heterocycles. The second kappa shape index (κ2) is 10.8. The molecule has 4 rings (SSSR count). The first-order valence-electron chi connectivity index (χ1n) is 11.4. The fourth-order valence-electron chi connectivity index (χ4n) is 4.31. The summed E-state index contributed by atoms with van der Waals surface area (Å²) in [7, 11) is 4.23. The van der Waals surface area contributed by atoms with E-state index in [4.69, 9.17) is 24.7 Å². The highest BCUT2D eigenvalue weighted by molar-refractivity contribution is 7.07. The zero-order valence-electron chi connectivity index (χ0n) is 20.8. The number of aromatic nitrogens is 1. The molecule has 2 heterocycles. The maximum absolute atomic E-state index is 13.6. The predicted molar refractivity (Wildman–Crippen MR) is 140 cm³/mol. The monoisotopic (exact) mass is 522 g/mol. The molecule has 3 aromatic rings. The molecule has 0 fully saturated rings. The smallest absolute Gasteiger partial charge is 0.338 e. The lowest BCUT2D eigenvalue weighted by Gasteiger charge is -2.27. The molecule has 0 unspecified atom stereocenters. The Bertz CT molecular complexity index is 1580. The molecule has 0 bridgehead atoms. The summed E-state index contributed by atoms with van der Waals surface area (Å²) in [5, 5.41) is 0. The summed E-state index contributed by atoms with van der Waals surface area (Å²) in [5.41, 5.74) is 7.18. The molecule has 9 nitrogen and oxygen atoms in total. The number of para-hydroxylation sites is 2. The topological polar surface area (TPSA) is 119 Å². The SMILES string of the molecule is CCOC(=O)C1=c2sc(=Cc3ccccc3OC)c(=O)n2C(N)=C(C(=O)OC)[C@@H]1c1ccccc1OC. The van der Waals surface area contributed by atoms with E-state index >= 15 is 0 Å². The lowest BCUT2D eigenvalue weighted by molar-refractivity contribution is -0.136. The maximum atomic E-state index is 13.6. The van der Waals surface area contributed by atoms with Crippen LogP contribution in [-0.2, 0) is 19.1 Å². The second-order valence-corrected chi connectivity index (χ2v) is 8.93. The fraction of sp³-hybridized carbons (Fsp3) is 0.222. The minimum absolute atomic E-state index is 0.0636. The van der Waals surface area contributed by atoms with E-state index in [2.05, 4.69) is 0 Å². The summed E-state index contributed by atoms with van der Waals surface area (Å²) in [6.07, 6.45) is 1.66. The normalized spacial score (nSPS) is 15.3. The quantitative estimate of drug-likeness (QED) is 0.465. The Morgan fingerprint density at radius 1 is 0.973 bits per heavy atom. The number of nitrogens with zero attached hydrogens (tertiary/aromatic N) is 1. The third kappa shape index (κ3) is 4.51. The third-order valence-electron chi connectivity index (χ3n) is 5.92. The summed E-state index contributed by atoms with van der Waals surface area (Å²) in [6.45, 7) is 1.76. The Balaban J connectivity index is 2.16. The highest BCUT2D eigenvalue weighted by atomic mass is 32.1. The number of ether oxygens (including phenoxy) is 4. The van der Waals surface area contributed by atoms with E-state index in [-0.39, 0.29) is 32.8 Å². The number of hydrogen-bond acceptors (Lipinski definition) is 9. The zero-order chi connectivity index (χ0) is 26.7. The van der Waals surface area contributed by atoms with E-state index in [1.54, 1.807) is 49.4 Å². The van der Waals surface area contributed by atoms with Crippen LogP contribution >= 0.6 is 11.3 Å². The van der Waals surface area contributed by atoms with Gasteiger partial charge in [0, 0.05) is 11.1 Å². The number of hydrogen-bond donors (Lipinski definition) is 1. The first kappa shape index (κ1) is 25.8. The van der Waals surface area contributed by atoms with Crippen LogP contribution in [0.3, 0.4) is 0 Å². The number of nitrogens with two attached hydrogens (primary N) is 1. The third-order valence-corrected chi connectivity index (χ3v) is 7.03. The van der Waals surface area contributed by atoms with Crippen molar-refractivity contribution in [1.29, 1.82) is 0 Å². The molecule has 10 heteroatoms. The van der Waals surface area contributed by atoms with Crippen molar-refractivity contribution in [2.45, 2.75) is 12.8 Å². The summed E-state index contributed by atoms with van der Waals surface area (Å²) in [4.78, 5) is 40.1. The summed E-state index contributed by atoms with van der Waals surface area (Å²) >= 11 is 1.07. The highest BCUT2D eigenvalue weighted by Crippen LogP contribution is 2.41. The minimum Gasteiger partial charge on any atom is -0.496 e. The van der Waals surface area contributed by atoms with E-state index in [1.807, 2.05) is 12.1 Å². The van der Waals surface area contributed by atoms with Gasteiger partial charge in [-0.1, -0.05) is 36.4 Å². The van der Waals surface area contributed by atoms with Crippen molar-refractivity contribution in [3.8, 4) is 11.5 Å². The standard InChI is InChI=1S/C27H26N2O7S/c1-5-36-27(32)22-20(16-11-7-9-13-18(16)34-3)21(26(31)35-4)23(28)29-24(30)19(37-25(22)29)14-15-10-6-8-12-17(15)33-2/h6-14,20H,5,28H2,1-4H3/t20-/m0/s1. The van der Waals surface area contributed by atoms with Crippen LogP contribution in [0.2, 0.25) is 0 Å². The Kier molecular flexibility index (Phi) is 7.49. The van der Waals surface area contributed by atoms with Crippen LogP contribution in [0.1, 0.15) is 24.0 Å². The Labute approximate surface area is 216 Å². The number of thiazole rings is 1. The van der Waals surface area contributed by atoms with Crippen LogP contribution in [0, 0.1) is 0 Å². The summed E-state index contributed by atoms with van der Waals surface area (Å²) in [6, 6.07) is 14.2. The highest BCUT2D eigenvalue weighted by Gasteiger charge is 2.41. The van der Waals surface area contributed by atoms with Crippen LogP contribution in [0.25, 0.3) is 17.5 Å². The molecule has 2 N–H and O–H groups in total. The van der Waals surface area contributed by atoms with E-state index < -0.39 is 23.4 Å². The fourth-order valence-corrected chi connectivity index (χ4v) is 5.46. The number of fused-ring (bicyclic) bond motifs is 1. The first-order valence-corrected chi connectivity index (χ1v) is 12.2. The van der Waals surface area contributed by atoms with Gasteiger partial charge in [0.25, 0.3) is 5.56 Å². The van der Waals surface area contributed by atoms with Crippen molar-refractivity contribution in [2.24, 2.45) is 5.73 Å². The van der Waals surface area contributed by atoms with E-state index in [1.165, 1.54) is 21.3 Å². The van der Waals surface area contributed by atoms with E-state index in [0.717, 1.165) is 15.9 Å². The molecule has 0 spiro atoms. The van der Waals surface area contributed by atoms with Crippen LogP contribution in [0.15, 0.2) is 58.9 Å². The van der Waals surface area contributed by atoms with Crippen molar-refractivity contribution in [3.63, 3.8) is 0 Å². The first-order chi connectivity index (χ1) is 17.9. The van der Waals surface area contributed by atoms with Gasteiger partial charge in [0.2, 0.25) is 0 Å². The van der Waals surface area contributed by atoms with Gasteiger partial charge in [-0.15, -0.1) is 11.3 Å². The molecule has 1 aliphatic heterocycles. The lowest BCUT2D eigenvalue weighted by atomic mass is 9.82. The number of methoxy groups -OCH3 is 3. The van der Waals surface area contributed by atoms with Crippen LogP contribution in [0.4, 0.5) is 0 Å². The number of esters is 2. The van der Waals surface area contributed by atoms with Crippen molar-refractivity contribution in [3.05, 3.63) is 84.8 Å². The molecular formula is C27H26N2O7S. The molecule has 0 saturated carbocycles. The lowest BCUT2D eigenvalue weighted by Crippen LogP contribution is -2.41. The summed E-state index contributed by atoms with van der Waals surface area (Å²) in [5.74, 6) is -1.61. The predicted octanol–water partition coefficient (Wildman–Crippen LogP) is 1.57. The van der Waals surface area contributed by atoms with Gasteiger partial charge in [0.15, 0.2) is 0 Å². The molecular weight excluding hydrogens is 496 g/mol. The maximum Gasteiger partial charge on any atom is 0.338 e. The largest absolute Gasteiger partial charge is 0.496 e. The second-order valence-electron chi connectivity index (χ2n) is 7.90. The number of rotatable bonds is 7. The van der Waals surface area contributed by atoms with Crippen LogP contribution in [0.5, 0.6) is 11.5 Å². The number of carbonyl (C=O) groups excluding carboxylic acids is 2. The van der Waals surface area contributed by atoms with Gasteiger partial charge in [-0.3, -0.25) is 9.36 Å². The van der Waals surface area contributed by atoms with Gasteiger partial charge in [0.05, 0.1) is 49.5 Å². The average molecular weight is 523 g/mol. The van der Waals surface area contributed by atoms with E-state index in [0.29, 0.717) is 22.6 Å². The van der Waals surface area contributed by atoms with Gasteiger partial charge in [0.1, 0.15) is 22.0 Å². The Hall–Kier alpha value is -4.31. The van der Waals surface area contributed by atoms with E-state index in [9.17, 15) is 14.4 Å². The van der Waals surface area contributed by atoms with Crippen molar-refractivity contribution >= 4 is 40.7 Å².